The van der Waals surface area contributed by atoms with Gasteiger partial charge in [0.1, 0.15) is 0 Å². The van der Waals surface area contributed by atoms with Crippen molar-refractivity contribution in [3.63, 3.8) is 0 Å². The summed E-state index contributed by atoms with van der Waals surface area (Å²) in [7, 11) is 1.77. The maximum absolute atomic E-state index is 13.3. The fourth-order valence-electron chi connectivity index (χ4n) is 1.96. The lowest BCUT2D eigenvalue weighted by Crippen LogP contribution is -2.39. The molecule has 0 aliphatic carbocycles. The molecule has 1 aliphatic heterocycles. The molecule has 1 fully saturated rings. The lowest BCUT2D eigenvalue weighted by atomic mass is 10.0. The number of carbonyl (C=O) groups is 1. The summed E-state index contributed by atoms with van der Waals surface area (Å²) < 4.78 is 18.5. The van der Waals surface area contributed by atoms with Gasteiger partial charge in [0.15, 0.2) is 5.82 Å². The van der Waals surface area contributed by atoms with E-state index < -0.39 is 5.82 Å². The zero-order valence-electron chi connectivity index (χ0n) is 10.2. The quantitative estimate of drug-likeness (QED) is 0.843. The molecule has 1 saturated heterocycles. The fraction of sp³-hybridized carbons (Fsp3) is 0.417. The summed E-state index contributed by atoms with van der Waals surface area (Å²) in [6.07, 6.45) is 0. The first-order valence-electron chi connectivity index (χ1n) is 5.73. The monoisotopic (exact) mass is 306 g/mol. The Bertz CT molecular complexity index is 476. The van der Waals surface area contributed by atoms with E-state index >= 15 is 0 Å². The first-order chi connectivity index (χ1) is 9.02. The maximum Gasteiger partial charge on any atom is 0.231 e. The molecular weight excluding hydrogens is 294 g/mol. The highest BCUT2D eigenvalue weighted by atomic mass is 35.5. The Labute approximate surface area is 120 Å². The fourth-order valence-corrected chi connectivity index (χ4v) is 2.45. The summed E-state index contributed by atoms with van der Waals surface area (Å²) >= 11 is 11.3. The van der Waals surface area contributed by atoms with Crippen LogP contribution in [0.2, 0.25) is 10.0 Å². The second-order valence-electron chi connectivity index (χ2n) is 4.28. The molecule has 7 heteroatoms. The first-order valence-corrected chi connectivity index (χ1v) is 6.49. The Kier molecular flexibility index (Phi) is 4.62. The van der Waals surface area contributed by atoms with Crippen LogP contribution in [0.5, 0.6) is 0 Å². The van der Waals surface area contributed by atoms with Crippen LogP contribution in [0.15, 0.2) is 12.1 Å². The summed E-state index contributed by atoms with van der Waals surface area (Å²) in [5, 5.41) is 5.42. The number of likely N-dealkylation sites (N-methyl/N-ethyl adjacent to an activating group) is 1. The average Bonchev–Trinajstić information content (AvgIpc) is 2.84. The van der Waals surface area contributed by atoms with Crippen LogP contribution in [0.25, 0.3) is 0 Å². The number of hydrogen-bond donors (Lipinski definition) is 2. The Morgan fingerprint density at radius 3 is 2.58 bits per heavy atom. The van der Waals surface area contributed by atoms with Crippen LogP contribution in [0.1, 0.15) is 0 Å². The number of hydrogen-bond acceptors (Lipinski definition) is 3. The van der Waals surface area contributed by atoms with E-state index in [2.05, 4.69) is 10.6 Å². The lowest BCUT2D eigenvalue weighted by molar-refractivity contribution is -0.120. The van der Waals surface area contributed by atoms with E-state index in [1.807, 2.05) is 0 Å². The van der Waals surface area contributed by atoms with Gasteiger partial charge in [-0.25, -0.2) is 4.39 Å². The third-order valence-corrected chi connectivity index (χ3v) is 3.59. The summed E-state index contributed by atoms with van der Waals surface area (Å²) in [6, 6.07) is 2.61. The number of amides is 1. The van der Waals surface area contributed by atoms with Crippen molar-refractivity contribution in [1.29, 1.82) is 0 Å². The van der Waals surface area contributed by atoms with E-state index in [0.717, 1.165) is 0 Å². The van der Waals surface area contributed by atoms with Gasteiger partial charge in [0.05, 0.1) is 29.2 Å². The molecule has 4 nitrogen and oxygen atoms in total. The summed E-state index contributed by atoms with van der Waals surface area (Å²) in [6.45, 7) is 0.833. The van der Waals surface area contributed by atoms with Gasteiger partial charge in [0, 0.05) is 11.7 Å². The van der Waals surface area contributed by atoms with Crippen LogP contribution < -0.4 is 10.6 Å². The Balaban J connectivity index is 2.11. The predicted octanol–water partition coefficient (Wildman–Crippen LogP) is 2.31. The highest BCUT2D eigenvalue weighted by molar-refractivity contribution is 6.35. The summed E-state index contributed by atoms with van der Waals surface area (Å²) in [5.74, 6) is -1.21. The molecule has 1 heterocycles. The molecule has 2 atom stereocenters. The standard InChI is InChI=1S/C12H13Cl2FN2O2/c1-16-10-5-19-4-7(10)12(18)17-6-2-8(13)11(15)9(14)3-6/h2-3,7,10,16H,4-5H2,1H3,(H,17,18). The molecule has 1 amide bonds. The van der Waals surface area contributed by atoms with E-state index in [-0.39, 0.29) is 27.9 Å². The van der Waals surface area contributed by atoms with Gasteiger partial charge in [-0.2, -0.15) is 0 Å². The second kappa shape index (κ2) is 6.05. The number of halogens is 3. The lowest BCUT2D eigenvalue weighted by Gasteiger charge is -2.16. The Morgan fingerprint density at radius 1 is 1.37 bits per heavy atom. The zero-order valence-corrected chi connectivity index (χ0v) is 11.7. The molecular formula is C12H13Cl2FN2O2. The summed E-state index contributed by atoms with van der Waals surface area (Å²) in [5.41, 5.74) is 0.364. The topological polar surface area (TPSA) is 50.4 Å². The SMILES string of the molecule is CNC1COCC1C(=O)Nc1cc(Cl)c(F)c(Cl)c1. The zero-order chi connectivity index (χ0) is 14.0. The average molecular weight is 307 g/mol. The van der Waals surface area contributed by atoms with Crippen LogP contribution in [-0.2, 0) is 9.53 Å². The third kappa shape index (κ3) is 3.17. The number of ether oxygens (including phenoxy) is 1. The van der Waals surface area contributed by atoms with Gasteiger partial charge in [-0.3, -0.25) is 4.79 Å². The van der Waals surface area contributed by atoms with Gasteiger partial charge in [-0.15, -0.1) is 0 Å². The molecule has 19 heavy (non-hydrogen) atoms. The van der Waals surface area contributed by atoms with Crippen LogP contribution in [0, 0.1) is 11.7 Å². The van der Waals surface area contributed by atoms with Crippen molar-refractivity contribution < 1.29 is 13.9 Å². The molecule has 0 spiro atoms. The minimum Gasteiger partial charge on any atom is -0.379 e. The van der Waals surface area contributed by atoms with E-state index in [1.165, 1.54) is 12.1 Å². The summed E-state index contributed by atoms with van der Waals surface area (Å²) in [4.78, 5) is 12.1. The minimum atomic E-state index is -0.696. The van der Waals surface area contributed by atoms with Gasteiger partial charge in [-0.1, -0.05) is 23.2 Å². The van der Waals surface area contributed by atoms with Crippen LogP contribution in [-0.4, -0.2) is 32.2 Å². The first kappa shape index (κ1) is 14.5. The maximum atomic E-state index is 13.3. The van der Waals surface area contributed by atoms with Crippen molar-refractivity contribution in [2.45, 2.75) is 6.04 Å². The van der Waals surface area contributed by atoms with Gasteiger partial charge < -0.3 is 15.4 Å². The molecule has 1 aromatic carbocycles. The molecule has 0 saturated carbocycles. The smallest absolute Gasteiger partial charge is 0.231 e. The third-order valence-electron chi connectivity index (χ3n) is 3.04. The van der Waals surface area contributed by atoms with Gasteiger partial charge in [0.2, 0.25) is 5.91 Å². The van der Waals surface area contributed by atoms with Crippen molar-refractivity contribution in [3.05, 3.63) is 28.0 Å². The number of nitrogens with one attached hydrogen (secondary N) is 2. The van der Waals surface area contributed by atoms with Crippen LogP contribution in [0.3, 0.4) is 0 Å². The number of anilines is 1. The van der Waals surface area contributed by atoms with Crippen molar-refractivity contribution in [2.24, 2.45) is 5.92 Å². The molecule has 2 unspecified atom stereocenters. The van der Waals surface area contributed by atoms with Gasteiger partial charge in [0.25, 0.3) is 0 Å². The second-order valence-corrected chi connectivity index (χ2v) is 5.10. The molecule has 2 N–H and O–H groups in total. The molecule has 1 aliphatic rings. The Hall–Kier alpha value is -0.880. The van der Waals surface area contributed by atoms with E-state index in [9.17, 15) is 9.18 Å². The molecule has 1 aromatic rings. The Morgan fingerprint density at radius 2 is 2.00 bits per heavy atom. The van der Waals surface area contributed by atoms with Crippen LogP contribution in [0.4, 0.5) is 10.1 Å². The highest BCUT2D eigenvalue weighted by Crippen LogP contribution is 2.28. The van der Waals surface area contributed by atoms with E-state index in [1.54, 1.807) is 7.05 Å². The number of carbonyl (C=O) groups excluding carboxylic acids is 1. The van der Waals surface area contributed by atoms with E-state index in [0.29, 0.717) is 18.9 Å². The predicted molar refractivity (Wildman–Crippen MR) is 72.2 cm³/mol. The van der Waals surface area contributed by atoms with Crippen molar-refractivity contribution in [3.8, 4) is 0 Å². The molecule has 0 bridgehead atoms. The number of rotatable bonds is 3. The highest BCUT2D eigenvalue weighted by Gasteiger charge is 2.33. The van der Waals surface area contributed by atoms with Gasteiger partial charge >= 0.3 is 0 Å². The van der Waals surface area contributed by atoms with E-state index in [4.69, 9.17) is 27.9 Å². The number of benzene rings is 1. The van der Waals surface area contributed by atoms with Gasteiger partial charge in [-0.05, 0) is 19.2 Å². The van der Waals surface area contributed by atoms with Crippen molar-refractivity contribution in [1.82, 2.24) is 5.32 Å². The molecule has 0 aromatic heterocycles. The van der Waals surface area contributed by atoms with Crippen molar-refractivity contribution in [2.75, 3.05) is 25.6 Å². The molecule has 104 valence electrons. The van der Waals surface area contributed by atoms with Crippen LogP contribution >= 0.6 is 23.2 Å². The van der Waals surface area contributed by atoms with Crippen molar-refractivity contribution >= 4 is 34.8 Å². The largest absolute Gasteiger partial charge is 0.379 e. The minimum absolute atomic E-state index is 0.0357. The molecule has 0 radical (unpaired) electrons. The normalized spacial score (nSPS) is 22.5. The molecule has 2 rings (SSSR count).